The number of hydrogen-bond acceptors (Lipinski definition) is 2. The summed E-state index contributed by atoms with van der Waals surface area (Å²) in [6, 6.07) is 0.581. The number of aromatic nitrogens is 2. The lowest BCUT2D eigenvalue weighted by Gasteiger charge is -2.18. The highest BCUT2D eigenvalue weighted by Gasteiger charge is 2.13. The Bertz CT molecular complexity index is 307. The number of rotatable bonds is 5. The van der Waals surface area contributed by atoms with Crippen LogP contribution in [0.3, 0.4) is 0 Å². The molecule has 0 fully saturated rings. The molecule has 0 atom stereocenters. The third kappa shape index (κ3) is 4.35. The van der Waals surface area contributed by atoms with Gasteiger partial charge in [-0.1, -0.05) is 13.8 Å². The molecule has 0 saturated heterocycles. The molecule has 0 saturated carbocycles. The van der Waals surface area contributed by atoms with Crippen LogP contribution in [0.15, 0.2) is 12.4 Å². The second kappa shape index (κ2) is 5.48. The van der Waals surface area contributed by atoms with Gasteiger partial charge in [-0.15, -0.1) is 0 Å². The molecule has 0 unspecified atom stereocenters. The van der Waals surface area contributed by atoms with E-state index in [0.717, 1.165) is 13.0 Å². The summed E-state index contributed by atoms with van der Waals surface area (Å²) in [7, 11) is 0. The zero-order valence-corrected chi connectivity index (χ0v) is 11.2. The standard InChI is InChI=1S/C13H25N3/c1-11(2)14-8-6-7-12-9-15-16(10-12)13(3,4)5/h9-11,14H,6-8H2,1-5H3. The molecule has 3 nitrogen and oxygen atoms in total. The number of aryl methyl sites for hydroxylation is 1. The molecule has 1 aromatic heterocycles. The van der Waals surface area contributed by atoms with Crippen LogP contribution >= 0.6 is 0 Å². The summed E-state index contributed by atoms with van der Waals surface area (Å²) in [6.07, 6.45) is 6.43. The minimum absolute atomic E-state index is 0.0917. The highest BCUT2D eigenvalue weighted by Crippen LogP contribution is 2.13. The van der Waals surface area contributed by atoms with E-state index in [0.29, 0.717) is 6.04 Å². The molecular formula is C13H25N3. The van der Waals surface area contributed by atoms with E-state index in [9.17, 15) is 0 Å². The lowest BCUT2D eigenvalue weighted by molar-refractivity contribution is 0.355. The lowest BCUT2D eigenvalue weighted by Crippen LogP contribution is -2.24. The molecule has 1 heterocycles. The van der Waals surface area contributed by atoms with Crippen molar-refractivity contribution in [2.45, 2.75) is 59.0 Å². The molecular weight excluding hydrogens is 198 g/mol. The average Bonchev–Trinajstić information content (AvgIpc) is 2.59. The Morgan fingerprint density at radius 3 is 2.56 bits per heavy atom. The van der Waals surface area contributed by atoms with Crippen molar-refractivity contribution < 1.29 is 0 Å². The maximum Gasteiger partial charge on any atom is 0.0543 e. The minimum atomic E-state index is 0.0917. The molecule has 0 radical (unpaired) electrons. The summed E-state index contributed by atoms with van der Waals surface area (Å²) in [5.41, 5.74) is 1.43. The van der Waals surface area contributed by atoms with Crippen molar-refractivity contribution >= 4 is 0 Å². The van der Waals surface area contributed by atoms with Crippen molar-refractivity contribution in [1.29, 1.82) is 0 Å². The van der Waals surface area contributed by atoms with Crippen LogP contribution in [0.4, 0.5) is 0 Å². The molecule has 16 heavy (non-hydrogen) atoms. The first kappa shape index (κ1) is 13.2. The first-order valence-electron chi connectivity index (χ1n) is 6.17. The van der Waals surface area contributed by atoms with Crippen LogP contribution in [0.2, 0.25) is 0 Å². The van der Waals surface area contributed by atoms with Crippen LogP contribution in [-0.2, 0) is 12.0 Å². The fourth-order valence-electron chi connectivity index (χ4n) is 1.54. The Balaban J connectivity index is 2.36. The SMILES string of the molecule is CC(C)NCCCc1cnn(C(C)(C)C)c1. The Kier molecular flexibility index (Phi) is 4.54. The number of nitrogens with one attached hydrogen (secondary N) is 1. The van der Waals surface area contributed by atoms with Crippen LogP contribution in [0.5, 0.6) is 0 Å². The fourth-order valence-corrected chi connectivity index (χ4v) is 1.54. The van der Waals surface area contributed by atoms with E-state index >= 15 is 0 Å². The van der Waals surface area contributed by atoms with E-state index in [1.54, 1.807) is 0 Å². The topological polar surface area (TPSA) is 29.9 Å². The van der Waals surface area contributed by atoms with Crippen molar-refractivity contribution in [2.75, 3.05) is 6.54 Å². The van der Waals surface area contributed by atoms with Crippen molar-refractivity contribution in [3.63, 3.8) is 0 Å². The number of nitrogens with zero attached hydrogens (tertiary/aromatic N) is 2. The summed E-state index contributed by atoms with van der Waals surface area (Å²) >= 11 is 0. The van der Waals surface area contributed by atoms with Gasteiger partial charge in [-0.25, -0.2) is 0 Å². The van der Waals surface area contributed by atoms with E-state index in [1.807, 2.05) is 10.9 Å². The van der Waals surface area contributed by atoms with Crippen LogP contribution < -0.4 is 5.32 Å². The zero-order valence-electron chi connectivity index (χ0n) is 11.2. The molecule has 0 aliphatic rings. The Hall–Kier alpha value is -0.830. The van der Waals surface area contributed by atoms with Gasteiger partial charge in [0.25, 0.3) is 0 Å². The first-order chi connectivity index (χ1) is 7.39. The minimum Gasteiger partial charge on any atom is -0.315 e. The molecule has 0 spiro atoms. The van der Waals surface area contributed by atoms with Gasteiger partial charge in [0.05, 0.1) is 11.7 Å². The third-order valence-corrected chi connectivity index (χ3v) is 2.52. The van der Waals surface area contributed by atoms with E-state index in [2.05, 4.69) is 51.2 Å². The van der Waals surface area contributed by atoms with Crippen molar-refractivity contribution in [2.24, 2.45) is 0 Å². The number of hydrogen-bond donors (Lipinski definition) is 1. The molecule has 0 aliphatic carbocycles. The molecule has 0 aliphatic heterocycles. The summed E-state index contributed by atoms with van der Waals surface area (Å²) in [5, 5.41) is 7.82. The highest BCUT2D eigenvalue weighted by atomic mass is 15.3. The molecule has 3 heteroatoms. The van der Waals surface area contributed by atoms with Crippen LogP contribution in [0.25, 0.3) is 0 Å². The molecule has 0 bridgehead atoms. The quantitative estimate of drug-likeness (QED) is 0.778. The fraction of sp³-hybridized carbons (Fsp3) is 0.769. The van der Waals surface area contributed by atoms with E-state index in [4.69, 9.17) is 0 Å². The normalized spacial score (nSPS) is 12.4. The van der Waals surface area contributed by atoms with Gasteiger partial charge < -0.3 is 5.32 Å². The van der Waals surface area contributed by atoms with Gasteiger partial charge in [0.1, 0.15) is 0 Å². The summed E-state index contributed by atoms with van der Waals surface area (Å²) < 4.78 is 2.04. The Morgan fingerprint density at radius 2 is 2.06 bits per heavy atom. The molecule has 1 aromatic rings. The second-order valence-electron chi connectivity index (χ2n) is 5.68. The Labute approximate surface area is 99.2 Å². The van der Waals surface area contributed by atoms with E-state index in [1.165, 1.54) is 12.0 Å². The molecule has 0 aromatic carbocycles. The average molecular weight is 223 g/mol. The Morgan fingerprint density at radius 1 is 1.38 bits per heavy atom. The van der Waals surface area contributed by atoms with Gasteiger partial charge in [-0.2, -0.15) is 5.10 Å². The van der Waals surface area contributed by atoms with E-state index in [-0.39, 0.29) is 5.54 Å². The summed E-state index contributed by atoms with van der Waals surface area (Å²) in [4.78, 5) is 0. The lowest BCUT2D eigenvalue weighted by atomic mass is 10.1. The maximum absolute atomic E-state index is 4.40. The predicted molar refractivity (Wildman–Crippen MR) is 68.7 cm³/mol. The van der Waals surface area contributed by atoms with Crippen molar-refractivity contribution in [3.8, 4) is 0 Å². The maximum atomic E-state index is 4.40. The van der Waals surface area contributed by atoms with Crippen molar-refractivity contribution in [1.82, 2.24) is 15.1 Å². The van der Waals surface area contributed by atoms with Gasteiger partial charge in [-0.05, 0) is 45.7 Å². The van der Waals surface area contributed by atoms with Gasteiger partial charge in [0, 0.05) is 12.2 Å². The van der Waals surface area contributed by atoms with Crippen LogP contribution in [-0.4, -0.2) is 22.4 Å². The highest BCUT2D eigenvalue weighted by molar-refractivity contribution is 5.05. The molecule has 0 amide bonds. The van der Waals surface area contributed by atoms with Gasteiger partial charge in [-0.3, -0.25) is 4.68 Å². The first-order valence-corrected chi connectivity index (χ1v) is 6.17. The summed E-state index contributed by atoms with van der Waals surface area (Å²) in [5.74, 6) is 0. The van der Waals surface area contributed by atoms with Gasteiger partial charge >= 0.3 is 0 Å². The predicted octanol–water partition coefficient (Wildman–Crippen LogP) is 2.57. The van der Waals surface area contributed by atoms with Crippen molar-refractivity contribution in [3.05, 3.63) is 18.0 Å². The monoisotopic (exact) mass is 223 g/mol. The van der Waals surface area contributed by atoms with Crippen LogP contribution in [0, 0.1) is 0 Å². The zero-order chi connectivity index (χ0) is 12.2. The third-order valence-electron chi connectivity index (χ3n) is 2.52. The van der Waals surface area contributed by atoms with Gasteiger partial charge in [0.2, 0.25) is 0 Å². The molecule has 1 N–H and O–H groups in total. The van der Waals surface area contributed by atoms with Gasteiger partial charge in [0.15, 0.2) is 0 Å². The van der Waals surface area contributed by atoms with E-state index < -0.39 is 0 Å². The molecule has 92 valence electrons. The second-order valence-corrected chi connectivity index (χ2v) is 5.68. The smallest absolute Gasteiger partial charge is 0.0543 e. The molecule has 1 rings (SSSR count). The van der Waals surface area contributed by atoms with Crippen LogP contribution in [0.1, 0.15) is 46.6 Å². The summed E-state index contributed by atoms with van der Waals surface area (Å²) in [6.45, 7) is 12.0. The largest absolute Gasteiger partial charge is 0.315 e.